The number of carbonyl (C=O) groups is 2. The van der Waals surface area contributed by atoms with Gasteiger partial charge in [0.25, 0.3) is 12.4 Å². The number of aromatic amines is 1. The molecule has 2 aromatic heterocycles. The number of carboxylic acid groups (broad SMARTS) is 1. The van der Waals surface area contributed by atoms with Crippen molar-refractivity contribution in [3.8, 4) is 0 Å². The van der Waals surface area contributed by atoms with Gasteiger partial charge in [0.15, 0.2) is 0 Å². The lowest BCUT2D eigenvalue weighted by Crippen LogP contribution is -2.37. The molecule has 2 saturated heterocycles. The lowest BCUT2D eigenvalue weighted by molar-refractivity contribution is -0.122. The molecule has 0 aliphatic carbocycles. The first kappa shape index (κ1) is 22.7. The van der Waals surface area contributed by atoms with E-state index < -0.39 is 0 Å². The maximum atomic E-state index is 13.0. The van der Waals surface area contributed by atoms with E-state index in [4.69, 9.17) is 14.3 Å². The van der Waals surface area contributed by atoms with Crippen LogP contribution in [0.5, 0.6) is 0 Å². The number of benzene rings is 1. The number of hydrogen-bond acceptors (Lipinski definition) is 6. The van der Waals surface area contributed by atoms with E-state index in [1.54, 1.807) is 0 Å². The summed E-state index contributed by atoms with van der Waals surface area (Å²) in [5, 5.41) is 15.0. The van der Waals surface area contributed by atoms with Crippen molar-refractivity contribution >= 4 is 12.4 Å². The Kier molecular flexibility index (Phi) is 6.88. The largest absolute Gasteiger partial charge is 0.483 e. The second-order valence-corrected chi connectivity index (χ2v) is 8.80. The van der Waals surface area contributed by atoms with E-state index in [9.17, 15) is 4.79 Å². The van der Waals surface area contributed by atoms with Crippen molar-refractivity contribution in [2.24, 2.45) is 11.3 Å². The standard InChI is InChI=1S/C23H27N5O2.CH2O2/c1-17-25-26-21(30-17)14-27-12-19-13-28(22(29)20-8-5-11-24-20)16-23(19,15-27)10-9-18-6-3-2-4-7-18;2-1-3/h2-8,11,19,24H,9-10,12-16H2,1H3;1H,(H,2,3)/t19-,23+;/m0./s1. The zero-order valence-corrected chi connectivity index (χ0v) is 18.7. The highest BCUT2D eigenvalue weighted by Crippen LogP contribution is 2.46. The molecule has 0 spiro atoms. The lowest BCUT2D eigenvalue weighted by Gasteiger charge is -2.29. The summed E-state index contributed by atoms with van der Waals surface area (Å²) in [4.78, 5) is 28.9. The molecule has 0 saturated carbocycles. The zero-order valence-electron chi connectivity index (χ0n) is 18.7. The SMILES string of the molecule is Cc1nnc(CN2C[C@H]3CN(C(=O)c4ccc[nH]4)C[C@@]3(CCc3ccccc3)C2)o1.O=CO. The third-order valence-electron chi connectivity index (χ3n) is 6.63. The van der Waals surface area contributed by atoms with Gasteiger partial charge in [0.2, 0.25) is 11.8 Å². The molecule has 5 rings (SSSR count). The fraction of sp³-hybridized carbons (Fsp3) is 0.417. The molecule has 0 radical (unpaired) electrons. The number of nitrogens with one attached hydrogen (secondary N) is 1. The summed E-state index contributed by atoms with van der Waals surface area (Å²) < 4.78 is 5.61. The van der Waals surface area contributed by atoms with Gasteiger partial charge in [-0.1, -0.05) is 30.3 Å². The lowest BCUT2D eigenvalue weighted by atomic mass is 9.76. The number of aromatic nitrogens is 3. The maximum absolute atomic E-state index is 13.0. The van der Waals surface area contributed by atoms with Crippen LogP contribution in [-0.2, 0) is 17.8 Å². The minimum Gasteiger partial charge on any atom is -0.483 e. The molecule has 1 amide bonds. The summed E-state index contributed by atoms with van der Waals surface area (Å²) in [5.41, 5.74) is 2.12. The third-order valence-corrected chi connectivity index (χ3v) is 6.63. The van der Waals surface area contributed by atoms with Crippen LogP contribution in [0.1, 0.15) is 34.3 Å². The summed E-state index contributed by atoms with van der Waals surface area (Å²) in [5.74, 6) is 1.83. The van der Waals surface area contributed by atoms with Gasteiger partial charge in [0.05, 0.1) is 6.54 Å². The molecule has 174 valence electrons. The van der Waals surface area contributed by atoms with E-state index in [1.807, 2.05) is 30.2 Å². The summed E-state index contributed by atoms with van der Waals surface area (Å²) in [7, 11) is 0. The first-order valence-electron chi connectivity index (χ1n) is 11.1. The number of H-pyrrole nitrogens is 1. The number of rotatable bonds is 6. The predicted octanol–water partition coefficient (Wildman–Crippen LogP) is 2.61. The first-order valence-corrected chi connectivity index (χ1v) is 11.1. The molecule has 2 N–H and O–H groups in total. The summed E-state index contributed by atoms with van der Waals surface area (Å²) >= 11 is 0. The van der Waals surface area contributed by atoms with Gasteiger partial charge in [-0.3, -0.25) is 14.5 Å². The average molecular weight is 452 g/mol. The van der Waals surface area contributed by atoms with Gasteiger partial charge in [-0.25, -0.2) is 0 Å². The van der Waals surface area contributed by atoms with E-state index in [1.165, 1.54) is 5.56 Å². The van der Waals surface area contributed by atoms with Gasteiger partial charge in [-0.2, -0.15) is 0 Å². The van der Waals surface area contributed by atoms with Crippen molar-refractivity contribution in [2.45, 2.75) is 26.3 Å². The summed E-state index contributed by atoms with van der Waals surface area (Å²) in [6, 6.07) is 14.4. The summed E-state index contributed by atoms with van der Waals surface area (Å²) in [6.07, 6.45) is 3.90. The quantitative estimate of drug-likeness (QED) is 0.554. The van der Waals surface area contributed by atoms with Crippen molar-refractivity contribution in [3.63, 3.8) is 0 Å². The van der Waals surface area contributed by atoms with E-state index >= 15 is 0 Å². The number of aryl methyl sites for hydroxylation is 2. The Morgan fingerprint density at radius 2 is 2.00 bits per heavy atom. The van der Waals surface area contributed by atoms with E-state index in [-0.39, 0.29) is 17.8 Å². The second-order valence-electron chi connectivity index (χ2n) is 8.80. The Balaban J connectivity index is 0.000000821. The van der Waals surface area contributed by atoms with Gasteiger partial charge < -0.3 is 19.4 Å². The minimum atomic E-state index is -0.250. The molecule has 9 heteroatoms. The fourth-order valence-electron chi connectivity index (χ4n) is 5.19. The minimum absolute atomic E-state index is 0.0904. The number of carbonyl (C=O) groups excluding carboxylic acids is 1. The molecule has 0 unspecified atom stereocenters. The number of amides is 1. The molecule has 9 nitrogen and oxygen atoms in total. The first-order chi connectivity index (χ1) is 16.0. The molecule has 2 aliphatic heterocycles. The normalized spacial score (nSPS) is 22.0. The second kappa shape index (κ2) is 9.99. The molecule has 4 heterocycles. The number of nitrogens with zero attached hydrogens (tertiary/aromatic N) is 4. The van der Waals surface area contributed by atoms with Crippen LogP contribution in [0.25, 0.3) is 0 Å². The van der Waals surface area contributed by atoms with Gasteiger partial charge in [0.1, 0.15) is 5.69 Å². The van der Waals surface area contributed by atoms with Crippen molar-refractivity contribution in [2.75, 3.05) is 26.2 Å². The molecule has 2 aliphatic rings. The van der Waals surface area contributed by atoms with Crippen LogP contribution in [0.4, 0.5) is 0 Å². The molecular formula is C24H29N5O4. The van der Waals surface area contributed by atoms with Crippen LogP contribution >= 0.6 is 0 Å². The van der Waals surface area contributed by atoms with Crippen LogP contribution in [0, 0.1) is 18.3 Å². The number of likely N-dealkylation sites (tertiary alicyclic amines) is 2. The highest BCUT2D eigenvalue weighted by molar-refractivity contribution is 5.92. The van der Waals surface area contributed by atoms with Gasteiger partial charge >= 0.3 is 0 Å². The van der Waals surface area contributed by atoms with Gasteiger partial charge in [-0.05, 0) is 36.5 Å². The number of hydrogen-bond donors (Lipinski definition) is 2. The van der Waals surface area contributed by atoms with Crippen LogP contribution in [0.15, 0.2) is 53.1 Å². The van der Waals surface area contributed by atoms with E-state index in [2.05, 4.69) is 50.4 Å². The van der Waals surface area contributed by atoms with Gasteiger partial charge in [0, 0.05) is 44.7 Å². The monoisotopic (exact) mass is 451 g/mol. The zero-order chi connectivity index (χ0) is 23.3. The predicted molar refractivity (Wildman–Crippen MR) is 120 cm³/mol. The molecule has 33 heavy (non-hydrogen) atoms. The summed E-state index contributed by atoms with van der Waals surface area (Å²) in [6.45, 7) is 5.73. The van der Waals surface area contributed by atoms with Crippen LogP contribution in [-0.4, -0.2) is 68.6 Å². The molecule has 1 aromatic carbocycles. The Bertz CT molecular complexity index is 1050. The Hall–Kier alpha value is -3.46. The van der Waals surface area contributed by atoms with Gasteiger partial charge in [-0.15, -0.1) is 10.2 Å². The molecule has 2 atom stereocenters. The Morgan fingerprint density at radius 3 is 2.67 bits per heavy atom. The maximum Gasteiger partial charge on any atom is 0.290 e. The van der Waals surface area contributed by atoms with Crippen LogP contribution in [0.3, 0.4) is 0 Å². The average Bonchev–Trinajstić information content (AvgIpc) is 3.58. The van der Waals surface area contributed by atoms with Crippen molar-refractivity contribution < 1.29 is 19.1 Å². The van der Waals surface area contributed by atoms with E-state index in [0.717, 1.165) is 39.0 Å². The highest BCUT2D eigenvalue weighted by atomic mass is 16.4. The molecule has 2 fully saturated rings. The fourth-order valence-corrected chi connectivity index (χ4v) is 5.19. The topological polar surface area (TPSA) is 116 Å². The Morgan fingerprint density at radius 1 is 1.21 bits per heavy atom. The van der Waals surface area contributed by atoms with Crippen LogP contribution in [0.2, 0.25) is 0 Å². The highest BCUT2D eigenvalue weighted by Gasteiger charge is 2.53. The Labute approximate surface area is 192 Å². The van der Waals surface area contributed by atoms with E-state index in [0.29, 0.717) is 29.9 Å². The van der Waals surface area contributed by atoms with Crippen LogP contribution < -0.4 is 0 Å². The molecule has 0 bridgehead atoms. The molecule has 3 aromatic rings. The van der Waals surface area contributed by atoms with Crippen molar-refractivity contribution in [3.05, 3.63) is 71.7 Å². The van der Waals surface area contributed by atoms with Crippen molar-refractivity contribution in [1.29, 1.82) is 0 Å². The molecular weight excluding hydrogens is 422 g/mol. The smallest absolute Gasteiger partial charge is 0.290 e. The van der Waals surface area contributed by atoms with Crippen molar-refractivity contribution in [1.82, 2.24) is 25.0 Å². The third kappa shape index (κ3) is 5.14. The number of fused-ring (bicyclic) bond motifs is 1.